The lowest BCUT2D eigenvalue weighted by Gasteiger charge is -2.01. The van der Waals surface area contributed by atoms with Gasteiger partial charge in [0.05, 0.1) is 5.75 Å². The molecule has 0 unspecified atom stereocenters. The summed E-state index contributed by atoms with van der Waals surface area (Å²) in [5, 5.41) is 0. The Morgan fingerprint density at radius 1 is 1.40 bits per heavy atom. The van der Waals surface area contributed by atoms with E-state index in [4.69, 9.17) is 0 Å². The largest absolute Gasteiger partial charge is 0.212 e. The van der Waals surface area contributed by atoms with E-state index in [1.807, 2.05) is 13.8 Å². The molecule has 0 aromatic heterocycles. The van der Waals surface area contributed by atoms with E-state index in [-0.39, 0.29) is 5.75 Å². The van der Waals surface area contributed by atoms with Crippen molar-refractivity contribution in [3.63, 3.8) is 0 Å². The minimum Gasteiger partial charge on any atom is -0.212 e. The van der Waals surface area contributed by atoms with Crippen molar-refractivity contribution in [2.75, 3.05) is 5.75 Å². The third-order valence-electron chi connectivity index (χ3n) is 0.940. The Bertz CT molecular complexity index is 163. The van der Waals surface area contributed by atoms with E-state index >= 15 is 0 Å². The van der Waals surface area contributed by atoms with Crippen LogP contribution in [-0.2, 0) is 10.0 Å². The highest BCUT2D eigenvalue weighted by atomic mass is 32.2. The Balaban J connectivity index is 3.65. The van der Waals surface area contributed by atoms with E-state index in [9.17, 15) is 8.42 Å². The predicted octanol–water partition coefficient (Wildman–Crippen LogP) is 0.888. The van der Waals surface area contributed by atoms with Gasteiger partial charge in [-0.2, -0.15) is 0 Å². The number of sulfonamides is 1. The van der Waals surface area contributed by atoms with Crippen LogP contribution < -0.4 is 4.72 Å². The van der Waals surface area contributed by atoms with Crippen molar-refractivity contribution in [3.05, 3.63) is 6.54 Å². The second-order valence-corrected chi connectivity index (χ2v) is 3.92. The van der Waals surface area contributed by atoms with Gasteiger partial charge in [0, 0.05) is 6.54 Å². The fourth-order valence-electron chi connectivity index (χ4n) is 0.538. The zero-order chi connectivity index (χ0) is 8.04. The van der Waals surface area contributed by atoms with E-state index in [0.29, 0.717) is 6.42 Å². The summed E-state index contributed by atoms with van der Waals surface area (Å²) in [6.45, 7) is 5.27. The molecular formula is C6H14NO2S. The van der Waals surface area contributed by atoms with Crippen LogP contribution in [0.5, 0.6) is 0 Å². The lowest BCUT2D eigenvalue weighted by atomic mass is 10.5. The molecule has 0 aliphatic heterocycles. The van der Waals surface area contributed by atoms with Crippen LogP contribution in [0, 0.1) is 6.54 Å². The lowest BCUT2D eigenvalue weighted by Crippen LogP contribution is -2.23. The molecule has 0 fully saturated rings. The topological polar surface area (TPSA) is 46.2 Å². The van der Waals surface area contributed by atoms with Gasteiger partial charge in [0.15, 0.2) is 0 Å². The van der Waals surface area contributed by atoms with Crippen molar-refractivity contribution in [2.24, 2.45) is 0 Å². The van der Waals surface area contributed by atoms with Crippen LogP contribution >= 0.6 is 0 Å². The van der Waals surface area contributed by atoms with Crippen molar-refractivity contribution < 1.29 is 8.42 Å². The summed E-state index contributed by atoms with van der Waals surface area (Å²) in [4.78, 5) is 0. The van der Waals surface area contributed by atoms with Crippen molar-refractivity contribution in [2.45, 2.75) is 26.7 Å². The maximum Gasteiger partial charge on any atom is 0.211 e. The van der Waals surface area contributed by atoms with Gasteiger partial charge < -0.3 is 0 Å². The molecule has 4 heteroatoms. The van der Waals surface area contributed by atoms with Crippen LogP contribution in [0.3, 0.4) is 0 Å². The Morgan fingerprint density at radius 3 is 2.40 bits per heavy atom. The van der Waals surface area contributed by atoms with Crippen molar-refractivity contribution in [1.82, 2.24) is 4.72 Å². The van der Waals surface area contributed by atoms with E-state index in [1.165, 1.54) is 0 Å². The monoisotopic (exact) mass is 164 g/mol. The second kappa shape index (κ2) is 4.68. The van der Waals surface area contributed by atoms with E-state index in [1.54, 1.807) is 6.54 Å². The molecule has 0 saturated heterocycles. The third-order valence-corrected chi connectivity index (χ3v) is 2.41. The minimum absolute atomic E-state index is 0.212. The molecule has 0 heterocycles. The Hall–Kier alpha value is -0.0900. The molecule has 0 atom stereocenters. The quantitative estimate of drug-likeness (QED) is 0.656. The van der Waals surface area contributed by atoms with Gasteiger partial charge in [-0.05, 0) is 12.8 Å². The first kappa shape index (κ1) is 9.91. The summed E-state index contributed by atoms with van der Waals surface area (Å²) < 4.78 is 24.1. The first-order chi connectivity index (χ1) is 4.62. The van der Waals surface area contributed by atoms with Gasteiger partial charge in [-0.15, -0.1) is 0 Å². The van der Waals surface area contributed by atoms with Gasteiger partial charge >= 0.3 is 0 Å². The first-order valence-electron chi connectivity index (χ1n) is 3.44. The van der Waals surface area contributed by atoms with E-state index in [2.05, 4.69) is 4.72 Å². The summed E-state index contributed by atoms with van der Waals surface area (Å²) in [5.41, 5.74) is 0. The first-order valence-corrected chi connectivity index (χ1v) is 5.09. The van der Waals surface area contributed by atoms with Crippen molar-refractivity contribution >= 4 is 10.0 Å². The van der Waals surface area contributed by atoms with Crippen LogP contribution in [0.1, 0.15) is 26.7 Å². The zero-order valence-electron chi connectivity index (χ0n) is 6.42. The zero-order valence-corrected chi connectivity index (χ0v) is 7.24. The molecule has 61 valence electrons. The van der Waals surface area contributed by atoms with Crippen LogP contribution in [0.25, 0.3) is 0 Å². The smallest absolute Gasteiger partial charge is 0.211 e. The highest BCUT2D eigenvalue weighted by molar-refractivity contribution is 7.89. The van der Waals surface area contributed by atoms with Gasteiger partial charge in [0.25, 0.3) is 0 Å². The number of nitrogens with one attached hydrogen (secondary N) is 1. The molecule has 0 aromatic carbocycles. The molecule has 1 N–H and O–H groups in total. The molecule has 0 aromatic rings. The molecule has 1 radical (unpaired) electrons. The van der Waals surface area contributed by atoms with E-state index in [0.717, 1.165) is 6.42 Å². The fraction of sp³-hybridized carbons (Fsp3) is 0.833. The van der Waals surface area contributed by atoms with Gasteiger partial charge in [-0.1, -0.05) is 13.8 Å². The van der Waals surface area contributed by atoms with Gasteiger partial charge in [-0.25, -0.2) is 13.1 Å². The van der Waals surface area contributed by atoms with Crippen molar-refractivity contribution in [3.8, 4) is 0 Å². The van der Waals surface area contributed by atoms with Gasteiger partial charge in [0.1, 0.15) is 0 Å². The Kier molecular flexibility index (Phi) is 4.64. The molecule has 0 saturated carbocycles. The number of rotatable bonds is 5. The Labute approximate surface area is 62.9 Å². The second-order valence-electron chi connectivity index (χ2n) is 2.05. The molecular weight excluding hydrogens is 150 g/mol. The summed E-state index contributed by atoms with van der Waals surface area (Å²) in [7, 11) is -3.00. The Morgan fingerprint density at radius 2 is 2.00 bits per heavy atom. The third kappa shape index (κ3) is 4.76. The van der Waals surface area contributed by atoms with Crippen molar-refractivity contribution in [1.29, 1.82) is 0 Å². The van der Waals surface area contributed by atoms with Gasteiger partial charge in [0.2, 0.25) is 10.0 Å². The van der Waals surface area contributed by atoms with Crippen LogP contribution in [0.15, 0.2) is 0 Å². The molecule has 0 spiro atoms. The summed E-state index contributed by atoms with van der Waals surface area (Å²) in [6.07, 6.45) is 1.38. The van der Waals surface area contributed by atoms with Gasteiger partial charge in [-0.3, -0.25) is 0 Å². The fourth-order valence-corrected chi connectivity index (χ4v) is 1.61. The predicted molar refractivity (Wildman–Crippen MR) is 41.8 cm³/mol. The van der Waals surface area contributed by atoms with Crippen LogP contribution in [0.4, 0.5) is 0 Å². The molecule has 0 aliphatic rings. The SMILES string of the molecule is CC[CH]NS(=O)(=O)CCC. The summed E-state index contributed by atoms with van der Waals surface area (Å²) in [5.74, 6) is 0.212. The summed E-state index contributed by atoms with van der Waals surface area (Å²) >= 11 is 0. The molecule has 3 nitrogen and oxygen atoms in total. The minimum atomic E-state index is -3.00. The lowest BCUT2D eigenvalue weighted by molar-refractivity contribution is 0.585. The number of hydrogen-bond donors (Lipinski definition) is 1. The average Bonchev–Trinajstić information content (AvgIpc) is 1.84. The molecule has 0 bridgehead atoms. The molecule has 0 rings (SSSR count). The van der Waals surface area contributed by atoms with E-state index < -0.39 is 10.0 Å². The normalized spacial score (nSPS) is 11.8. The number of hydrogen-bond acceptors (Lipinski definition) is 2. The summed E-state index contributed by atoms with van der Waals surface area (Å²) in [6, 6.07) is 0. The standard InChI is InChI=1S/C6H14NO2S/c1-3-5-7-10(8,9)6-4-2/h5,7H,3-4,6H2,1-2H3. The molecule has 0 amide bonds. The van der Waals surface area contributed by atoms with Crippen LogP contribution in [0.2, 0.25) is 0 Å². The highest BCUT2D eigenvalue weighted by Crippen LogP contribution is 1.90. The molecule has 10 heavy (non-hydrogen) atoms. The highest BCUT2D eigenvalue weighted by Gasteiger charge is 2.05. The van der Waals surface area contributed by atoms with Crippen LogP contribution in [-0.4, -0.2) is 14.2 Å². The maximum absolute atomic E-state index is 10.8. The maximum atomic E-state index is 10.8. The average molecular weight is 164 g/mol. The molecule has 0 aliphatic carbocycles.